The average Bonchev–Trinajstić information content (AvgIpc) is 2.99. The lowest BCUT2D eigenvalue weighted by Crippen LogP contribution is -2.34. The maximum absolute atomic E-state index is 11.2. The van der Waals surface area contributed by atoms with Gasteiger partial charge in [-0.15, -0.1) is 11.3 Å². The van der Waals surface area contributed by atoms with Crippen LogP contribution in [-0.2, 0) is 11.2 Å². The summed E-state index contributed by atoms with van der Waals surface area (Å²) >= 11 is 1.69. The van der Waals surface area contributed by atoms with E-state index in [4.69, 9.17) is 0 Å². The fourth-order valence-electron chi connectivity index (χ4n) is 3.37. The number of hydrogen-bond acceptors (Lipinski definition) is 5. The number of thiazole rings is 1. The maximum Gasteiger partial charge on any atom is 0.312 e. The Morgan fingerprint density at radius 1 is 1.45 bits per heavy atom. The summed E-state index contributed by atoms with van der Waals surface area (Å²) in [5.41, 5.74) is 0.818. The molecule has 110 valence electrons. The zero-order chi connectivity index (χ0) is 14.4. The standard InChI is InChI=1S/C14H21N3O2S/c1-8-6-17(7-10(8)16(2)3)14-15-12-9(13(18)19)4-5-11(12)20-14/h8-10H,4-7H2,1-3H3,(H,18,19). The van der Waals surface area contributed by atoms with Gasteiger partial charge in [-0.1, -0.05) is 6.92 Å². The molecule has 1 aromatic heterocycles. The third-order valence-electron chi connectivity index (χ3n) is 4.51. The van der Waals surface area contributed by atoms with Crippen molar-refractivity contribution in [2.45, 2.75) is 31.7 Å². The highest BCUT2D eigenvalue weighted by Crippen LogP contribution is 2.40. The van der Waals surface area contributed by atoms with Gasteiger partial charge in [0.2, 0.25) is 0 Å². The zero-order valence-corrected chi connectivity index (χ0v) is 13.0. The third-order valence-corrected chi connectivity index (χ3v) is 5.70. The lowest BCUT2D eigenvalue weighted by atomic mass is 10.1. The van der Waals surface area contributed by atoms with Crippen LogP contribution in [0.15, 0.2) is 0 Å². The number of aromatic nitrogens is 1. The van der Waals surface area contributed by atoms with Crippen LogP contribution in [0.3, 0.4) is 0 Å². The molecule has 2 aliphatic rings. The van der Waals surface area contributed by atoms with Crippen LogP contribution in [0.25, 0.3) is 0 Å². The summed E-state index contributed by atoms with van der Waals surface area (Å²) < 4.78 is 0. The van der Waals surface area contributed by atoms with Crippen LogP contribution in [0.5, 0.6) is 0 Å². The van der Waals surface area contributed by atoms with E-state index < -0.39 is 5.97 Å². The van der Waals surface area contributed by atoms with Gasteiger partial charge in [0.05, 0.1) is 5.69 Å². The monoisotopic (exact) mass is 295 g/mol. The number of nitrogens with zero attached hydrogens (tertiary/aromatic N) is 3. The van der Waals surface area contributed by atoms with Crippen LogP contribution in [0, 0.1) is 5.92 Å². The normalized spacial score (nSPS) is 29.2. The first-order chi connectivity index (χ1) is 9.47. The number of aliphatic carboxylic acids is 1. The van der Waals surface area contributed by atoms with E-state index in [1.165, 1.54) is 4.88 Å². The molecule has 20 heavy (non-hydrogen) atoms. The van der Waals surface area contributed by atoms with Crippen molar-refractivity contribution in [2.24, 2.45) is 5.92 Å². The number of carboxylic acid groups (broad SMARTS) is 1. The van der Waals surface area contributed by atoms with Crippen molar-refractivity contribution >= 4 is 22.4 Å². The summed E-state index contributed by atoms with van der Waals surface area (Å²) in [5, 5.41) is 10.2. The van der Waals surface area contributed by atoms with E-state index >= 15 is 0 Å². The predicted molar refractivity (Wildman–Crippen MR) is 79.7 cm³/mol. The van der Waals surface area contributed by atoms with Crippen LogP contribution < -0.4 is 4.90 Å². The van der Waals surface area contributed by atoms with Gasteiger partial charge in [0.25, 0.3) is 0 Å². The van der Waals surface area contributed by atoms with E-state index in [1.54, 1.807) is 11.3 Å². The van der Waals surface area contributed by atoms with E-state index in [0.717, 1.165) is 30.3 Å². The molecule has 0 radical (unpaired) electrons. The van der Waals surface area contributed by atoms with Crippen LogP contribution in [0.2, 0.25) is 0 Å². The van der Waals surface area contributed by atoms with Crippen LogP contribution >= 0.6 is 11.3 Å². The molecule has 1 aliphatic carbocycles. The lowest BCUT2D eigenvalue weighted by Gasteiger charge is -2.22. The Balaban J connectivity index is 1.80. The Labute approximate surface area is 123 Å². The van der Waals surface area contributed by atoms with Gasteiger partial charge in [-0.25, -0.2) is 4.98 Å². The number of carboxylic acids is 1. The molecular weight excluding hydrogens is 274 g/mol. The zero-order valence-electron chi connectivity index (χ0n) is 12.2. The highest BCUT2D eigenvalue weighted by Gasteiger charge is 2.36. The Bertz CT molecular complexity index is 528. The van der Waals surface area contributed by atoms with Crippen molar-refractivity contribution in [2.75, 3.05) is 32.1 Å². The second kappa shape index (κ2) is 5.00. The largest absolute Gasteiger partial charge is 0.481 e. The summed E-state index contributed by atoms with van der Waals surface area (Å²) in [6, 6.07) is 0.545. The van der Waals surface area contributed by atoms with Gasteiger partial charge in [0.15, 0.2) is 5.13 Å². The Morgan fingerprint density at radius 3 is 2.80 bits per heavy atom. The predicted octanol–water partition coefficient (Wildman–Crippen LogP) is 1.64. The van der Waals surface area contributed by atoms with Crippen LogP contribution in [0.4, 0.5) is 5.13 Å². The quantitative estimate of drug-likeness (QED) is 0.919. The fourth-order valence-corrected chi connectivity index (χ4v) is 4.52. The van der Waals surface area contributed by atoms with Crippen molar-refractivity contribution in [1.82, 2.24) is 9.88 Å². The van der Waals surface area contributed by atoms with Crippen molar-refractivity contribution in [1.29, 1.82) is 0 Å². The smallest absolute Gasteiger partial charge is 0.312 e. The second-order valence-corrected chi connectivity index (χ2v) is 7.21. The second-order valence-electron chi connectivity index (χ2n) is 6.15. The van der Waals surface area contributed by atoms with Gasteiger partial charge in [0, 0.05) is 24.0 Å². The molecule has 1 aromatic rings. The molecule has 0 bridgehead atoms. The number of likely N-dealkylation sites (N-methyl/N-ethyl adjacent to an activating group) is 1. The Hall–Kier alpha value is -1.14. The van der Waals surface area contributed by atoms with Gasteiger partial charge in [-0.3, -0.25) is 4.79 Å². The molecule has 1 N–H and O–H groups in total. The molecule has 2 heterocycles. The average molecular weight is 295 g/mol. The molecule has 0 amide bonds. The number of carbonyl (C=O) groups is 1. The molecule has 3 rings (SSSR count). The molecule has 3 atom stereocenters. The topological polar surface area (TPSA) is 56.7 Å². The SMILES string of the molecule is CC1CN(c2nc3c(s2)CCC3C(=O)O)CC1N(C)C. The van der Waals surface area contributed by atoms with Crippen LogP contribution in [0.1, 0.15) is 29.8 Å². The molecule has 5 nitrogen and oxygen atoms in total. The Kier molecular flexibility index (Phi) is 3.46. The summed E-state index contributed by atoms with van der Waals surface area (Å²) in [7, 11) is 4.24. The van der Waals surface area contributed by atoms with E-state index in [1.807, 2.05) is 0 Å². The number of hydrogen-bond donors (Lipinski definition) is 1. The Morgan fingerprint density at radius 2 is 2.20 bits per heavy atom. The van der Waals surface area contributed by atoms with E-state index in [2.05, 4.69) is 35.8 Å². The molecular formula is C14H21N3O2S. The van der Waals surface area contributed by atoms with Crippen molar-refractivity contribution in [3.8, 4) is 0 Å². The van der Waals surface area contributed by atoms with Crippen molar-refractivity contribution in [3.05, 3.63) is 10.6 Å². The minimum absolute atomic E-state index is 0.389. The summed E-state index contributed by atoms with van der Waals surface area (Å²) in [4.78, 5) is 21.6. The molecule has 1 saturated heterocycles. The highest BCUT2D eigenvalue weighted by atomic mass is 32.1. The molecule has 1 aliphatic heterocycles. The first-order valence-electron chi connectivity index (χ1n) is 7.11. The molecule has 0 spiro atoms. The van der Waals surface area contributed by atoms with Crippen molar-refractivity contribution in [3.63, 3.8) is 0 Å². The third kappa shape index (κ3) is 2.20. The van der Waals surface area contributed by atoms with E-state index in [-0.39, 0.29) is 5.92 Å². The molecule has 3 unspecified atom stereocenters. The number of fused-ring (bicyclic) bond motifs is 1. The van der Waals surface area contributed by atoms with Gasteiger partial charge < -0.3 is 14.9 Å². The summed E-state index contributed by atoms with van der Waals surface area (Å²) in [6.45, 7) is 4.26. The number of anilines is 1. The molecule has 6 heteroatoms. The first-order valence-corrected chi connectivity index (χ1v) is 7.92. The molecule has 0 aromatic carbocycles. The van der Waals surface area contributed by atoms with E-state index in [9.17, 15) is 9.90 Å². The molecule has 0 saturated carbocycles. The van der Waals surface area contributed by atoms with E-state index in [0.29, 0.717) is 18.4 Å². The van der Waals surface area contributed by atoms with Crippen LogP contribution in [-0.4, -0.2) is 54.2 Å². The fraction of sp³-hybridized carbons (Fsp3) is 0.714. The summed E-state index contributed by atoms with van der Waals surface area (Å²) in [5.74, 6) is -0.514. The van der Waals surface area contributed by atoms with Gasteiger partial charge in [-0.05, 0) is 32.9 Å². The van der Waals surface area contributed by atoms with Gasteiger partial charge in [-0.2, -0.15) is 0 Å². The minimum atomic E-state index is -0.735. The summed E-state index contributed by atoms with van der Waals surface area (Å²) in [6.07, 6.45) is 1.57. The van der Waals surface area contributed by atoms with Crippen molar-refractivity contribution < 1.29 is 9.90 Å². The lowest BCUT2D eigenvalue weighted by molar-refractivity contribution is -0.138. The van der Waals surface area contributed by atoms with Gasteiger partial charge >= 0.3 is 5.97 Å². The number of rotatable bonds is 3. The maximum atomic E-state index is 11.2. The van der Waals surface area contributed by atoms with Gasteiger partial charge in [0.1, 0.15) is 5.92 Å². The molecule has 1 fully saturated rings. The first kappa shape index (κ1) is 13.8. The number of aryl methyl sites for hydroxylation is 1. The minimum Gasteiger partial charge on any atom is -0.481 e. The highest BCUT2D eigenvalue weighted by molar-refractivity contribution is 7.15.